The van der Waals surface area contributed by atoms with Crippen LogP contribution < -0.4 is 5.32 Å². The molecular weight excluding hydrogens is 254 g/mol. The van der Waals surface area contributed by atoms with E-state index in [1.807, 2.05) is 18.3 Å². The fraction of sp³-hybridized carbons (Fsp3) is 0.364. The maximum atomic E-state index is 4.54. The molecule has 0 bridgehead atoms. The normalized spacial score (nSPS) is 16.1. The van der Waals surface area contributed by atoms with E-state index in [4.69, 9.17) is 0 Å². The lowest BCUT2D eigenvalue weighted by atomic mass is 10.4. The van der Waals surface area contributed by atoms with Crippen LogP contribution in [-0.2, 0) is 6.54 Å². The molecule has 1 saturated carbocycles. The number of hydrogen-bond acceptors (Lipinski definition) is 2. The topological polar surface area (TPSA) is 29.3 Å². The number of pyridine rings is 1. The minimum Gasteiger partial charge on any atom is -0.308 e. The summed E-state index contributed by atoms with van der Waals surface area (Å²) in [6, 6.07) is 4.79. The summed E-state index contributed by atoms with van der Waals surface area (Å²) in [6.07, 6.45) is 6.74. The number of fused-ring (bicyclic) bond motifs is 1. The van der Waals surface area contributed by atoms with E-state index in [0.29, 0.717) is 0 Å². The largest absolute Gasteiger partial charge is 0.308 e. The average molecular weight is 266 g/mol. The van der Waals surface area contributed by atoms with Gasteiger partial charge >= 0.3 is 0 Å². The van der Waals surface area contributed by atoms with Gasteiger partial charge in [0.2, 0.25) is 0 Å². The highest BCUT2D eigenvalue weighted by Gasteiger charge is 2.20. The molecule has 3 rings (SSSR count). The van der Waals surface area contributed by atoms with E-state index in [-0.39, 0.29) is 0 Å². The molecule has 0 aliphatic heterocycles. The standard InChI is InChI=1S/C11H12BrN3/c12-8-3-4-15-7-10(14-11(15)5-8)6-13-9-1-2-9/h3-5,7,9,13H,1-2,6H2. The van der Waals surface area contributed by atoms with Crippen LogP contribution in [-0.4, -0.2) is 15.4 Å². The summed E-state index contributed by atoms with van der Waals surface area (Å²) in [5.41, 5.74) is 2.11. The molecule has 0 atom stereocenters. The van der Waals surface area contributed by atoms with Crippen LogP contribution >= 0.6 is 15.9 Å². The zero-order valence-electron chi connectivity index (χ0n) is 8.28. The Hall–Kier alpha value is -0.870. The molecule has 15 heavy (non-hydrogen) atoms. The van der Waals surface area contributed by atoms with Crippen molar-refractivity contribution in [2.75, 3.05) is 0 Å². The number of aromatic nitrogens is 2. The van der Waals surface area contributed by atoms with E-state index < -0.39 is 0 Å². The Morgan fingerprint density at radius 2 is 2.40 bits per heavy atom. The molecule has 0 unspecified atom stereocenters. The summed E-state index contributed by atoms with van der Waals surface area (Å²) in [5.74, 6) is 0. The lowest BCUT2D eigenvalue weighted by Crippen LogP contribution is -2.15. The summed E-state index contributed by atoms with van der Waals surface area (Å²) < 4.78 is 3.12. The number of nitrogens with zero attached hydrogens (tertiary/aromatic N) is 2. The number of hydrogen-bond donors (Lipinski definition) is 1. The molecule has 0 aromatic carbocycles. The number of rotatable bonds is 3. The molecule has 78 valence electrons. The van der Waals surface area contributed by atoms with Gasteiger partial charge in [-0.3, -0.25) is 0 Å². The summed E-state index contributed by atoms with van der Waals surface area (Å²) in [5, 5.41) is 3.46. The molecule has 4 heteroatoms. The Morgan fingerprint density at radius 3 is 3.20 bits per heavy atom. The van der Waals surface area contributed by atoms with Gasteiger partial charge < -0.3 is 9.72 Å². The van der Waals surface area contributed by atoms with Crippen LogP contribution in [0.4, 0.5) is 0 Å². The van der Waals surface area contributed by atoms with Gasteiger partial charge in [0, 0.05) is 29.5 Å². The van der Waals surface area contributed by atoms with Crippen molar-refractivity contribution in [1.29, 1.82) is 0 Å². The van der Waals surface area contributed by atoms with Crippen LogP contribution in [0.5, 0.6) is 0 Å². The van der Waals surface area contributed by atoms with E-state index in [9.17, 15) is 0 Å². The second kappa shape index (κ2) is 3.61. The predicted octanol–water partition coefficient (Wildman–Crippen LogP) is 2.35. The first-order chi connectivity index (χ1) is 7.31. The van der Waals surface area contributed by atoms with Gasteiger partial charge in [-0.2, -0.15) is 0 Å². The number of nitrogens with one attached hydrogen (secondary N) is 1. The Bertz CT molecular complexity index is 488. The van der Waals surface area contributed by atoms with Gasteiger partial charge in [0.05, 0.1) is 5.69 Å². The first-order valence-electron chi connectivity index (χ1n) is 5.18. The predicted molar refractivity (Wildman–Crippen MR) is 62.8 cm³/mol. The third kappa shape index (κ3) is 2.06. The smallest absolute Gasteiger partial charge is 0.138 e. The summed E-state index contributed by atoms with van der Waals surface area (Å²) in [4.78, 5) is 4.54. The van der Waals surface area contributed by atoms with Crippen LogP contribution in [0.2, 0.25) is 0 Å². The van der Waals surface area contributed by atoms with Gasteiger partial charge in [0.15, 0.2) is 0 Å². The number of halogens is 1. The second-order valence-corrected chi connectivity index (χ2v) is 4.91. The Balaban J connectivity index is 1.84. The van der Waals surface area contributed by atoms with E-state index in [2.05, 4.69) is 36.8 Å². The van der Waals surface area contributed by atoms with Crippen molar-refractivity contribution < 1.29 is 0 Å². The lowest BCUT2D eigenvalue weighted by Gasteiger charge is -1.96. The highest BCUT2D eigenvalue weighted by atomic mass is 79.9. The quantitative estimate of drug-likeness (QED) is 0.924. The van der Waals surface area contributed by atoms with E-state index in [1.165, 1.54) is 12.8 Å². The third-order valence-electron chi connectivity index (χ3n) is 2.62. The van der Waals surface area contributed by atoms with Gasteiger partial charge in [-0.15, -0.1) is 0 Å². The van der Waals surface area contributed by atoms with Crippen molar-refractivity contribution in [2.45, 2.75) is 25.4 Å². The molecule has 2 heterocycles. The average Bonchev–Trinajstić information content (AvgIpc) is 2.95. The number of imidazole rings is 1. The van der Waals surface area contributed by atoms with Crippen LogP contribution in [0.25, 0.3) is 5.65 Å². The molecule has 1 fully saturated rings. The SMILES string of the molecule is Brc1ccn2cc(CNC3CC3)nc2c1. The van der Waals surface area contributed by atoms with Gasteiger partial charge in [0.25, 0.3) is 0 Å². The van der Waals surface area contributed by atoms with Crippen molar-refractivity contribution in [3.05, 3.63) is 34.7 Å². The van der Waals surface area contributed by atoms with Crippen LogP contribution in [0.3, 0.4) is 0 Å². The van der Waals surface area contributed by atoms with Gasteiger partial charge in [0.1, 0.15) is 5.65 Å². The van der Waals surface area contributed by atoms with E-state index in [1.54, 1.807) is 0 Å². The molecule has 1 aliphatic carbocycles. The van der Waals surface area contributed by atoms with E-state index in [0.717, 1.165) is 28.4 Å². The highest BCUT2D eigenvalue weighted by Crippen LogP contribution is 2.19. The van der Waals surface area contributed by atoms with Crippen molar-refractivity contribution in [3.63, 3.8) is 0 Å². The Morgan fingerprint density at radius 1 is 1.53 bits per heavy atom. The molecule has 0 amide bonds. The van der Waals surface area contributed by atoms with E-state index >= 15 is 0 Å². The molecule has 2 aromatic heterocycles. The third-order valence-corrected chi connectivity index (χ3v) is 3.11. The molecule has 1 aliphatic rings. The summed E-state index contributed by atoms with van der Waals surface area (Å²) >= 11 is 3.44. The molecule has 0 radical (unpaired) electrons. The minimum absolute atomic E-state index is 0.738. The van der Waals surface area contributed by atoms with Crippen LogP contribution in [0, 0.1) is 0 Å². The monoisotopic (exact) mass is 265 g/mol. The summed E-state index contributed by atoms with van der Waals surface area (Å²) in [6.45, 7) is 0.879. The Labute approximate surface area is 96.6 Å². The zero-order valence-corrected chi connectivity index (χ0v) is 9.87. The fourth-order valence-corrected chi connectivity index (χ4v) is 1.95. The van der Waals surface area contributed by atoms with Crippen molar-refractivity contribution >= 4 is 21.6 Å². The molecule has 0 saturated heterocycles. The van der Waals surface area contributed by atoms with Crippen LogP contribution in [0.1, 0.15) is 18.5 Å². The zero-order chi connectivity index (χ0) is 10.3. The first-order valence-corrected chi connectivity index (χ1v) is 5.97. The van der Waals surface area contributed by atoms with Crippen LogP contribution in [0.15, 0.2) is 29.0 Å². The van der Waals surface area contributed by atoms with Crippen molar-refractivity contribution in [3.8, 4) is 0 Å². The molecular formula is C11H12BrN3. The van der Waals surface area contributed by atoms with Crippen molar-refractivity contribution in [1.82, 2.24) is 14.7 Å². The van der Waals surface area contributed by atoms with Gasteiger partial charge in [-0.1, -0.05) is 15.9 Å². The Kier molecular flexibility index (Phi) is 2.25. The first kappa shape index (κ1) is 9.36. The second-order valence-electron chi connectivity index (χ2n) is 4.00. The molecule has 3 nitrogen and oxygen atoms in total. The van der Waals surface area contributed by atoms with Crippen molar-refractivity contribution in [2.24, 2.45) is 0 Å². The summed E-state index contributed by atoms with van der Waals surface area (Å²) in [7, 11) is 0. The highest BCUT2D eigenvalue weighted by molar-refractivity contribution is 9.10. The van der Waals surface area contributed by atoms with Gasteiger partial charge in [-0.25, -0.2) is 4.98 Å². The molecule has 1 N–H and O–H groups in total. The lowest BCUT2D eigenvalue weighted by molar-refractivity contribution is 0.677. The maximum absolute atomic E-state index is 4.54. The van der Waals surface area contributed by atoms with Gasteiger partial charge in [-0.05, 0) is 25.0 Å². The minimum atomic E-state index is 0.738. The molecule has 2 aromatic rings. The fourth-order valence-electron chi connectivity index (χ4n) is 1.63. The maximum Gasteiger partial charge on any atom is 0.138 e. The molecule has 0 spiro atoms.